The van der Waals surface area contributed by atoms with E-state index in [-0.39, 0.29) is 0 Å². The molecule has 0 aliphatic carbocycles. The van der Waals surface area contributed by atoms with Crippen molar-refractivity contribution in [2.45, 2.75) is 0 Å². The van der Waals surface area contributed by atoms with Crippen LogP contribution in [0.3, 0.4) is 0 Å². The van der Waals surface area contributed by atoms with Gasteiger partial charge in [-0.1, -0.05) is 11.6 Å². The van der Waals surface area contributed by atoms with Crippen LogP contribution >= 0.6 is 22.9 Å². The lowest BCUT2D eigenvalue weighted by atomic mass is 10.3. The lowest BCUT2D eigenvalue weighted by molar-refractivity contribution is 0.768. The molecule has 0 fully saturated rings. The third kappa shape index (κ3) is 1.48. The Hall–Kier alpha value is -1.46. The van der Waals surface area contributed by atoms with Crippen LogP contribution in [0.4, 0.5) is 0 Å². The van der Waals surface area contributed by atoms with Crippen molar-refractivity contribution in [1.29, 1.82) is 0 Å². The van der Waals surface area contributed by atoms with E-state index in [9.17, 15) is 0 Å². The molecule has 0 bridgehead atoms. The van der Waals surface area contributed by atoms with Crippen LogP contribution in [0, 0.1) is 0 Å². The minimum atomic E-state index is 0.505. The molecule has 0 spiro atoms. The zero-order chi connectivity index (χ0) is 11.1. The second-order valence-corrected chi connectivity index (χ2v) is 4.80. The number of thiophene rings is 1. The molecule has 0 aliphatic rings. The van der Waals surface area contributed by atoms with Gasteiger partial charge in [0.25, 0.3) is 0 Å². The van der Waals surface area contributed by atoms with Crippen molar-refractivity contribution in [3.63, 3.8) is 0 Å². The normalized spacial score (nSPS) is 11.1. The Bertz CT molecular complexity index is 658. The highest BCUT2D eigenvalue weighted by atomic mass is 35.5. The fourth-order valence-corrected chi connectivity index (χ4v) is 2.74. The Morgan fingerprint density at radius 3 is 2.94 bits per heavy atom. The van der Waals surface area contributed by atoms with Crippen molar-refractivity contribution in [2.24, 2.45) is 7.05 Å². The number of halogens is 1. The minimum Gasteiger partial charge on any atom is -0.275 e. The van der Waals surface area contributed by atoms with Crippen LogP contribution in [0.2, 0.25) is 5.15 Å². The average molecular weight is 251 g/mol. The number of hydrogen-bond acceptors (Lipinski definition) is 4. The van der Waals surface area contributed by atoms with Crippen LogP contribution in [0.1, 0.15) is 0 Å². The molecule has 3 heterocycles. The van der Waals surface area contributed by atoms with E-state index >= 15 is 0 Å². The molecule has 0 amide bonds. The maximum absolute atomic E-state index is 6.00. The zero-order valence-corrected chi connectivity index (χ0v) is 9.96. The SMILES string of the molecule is Cn1cc(-c2cc3ncnc(Cl)c3s2)cn1. The molecule has 6 heteroatoms. The number of nitrogens with zero attached hydrogens (tertiary/aromatic N) is 4. The van der Waals surface area contributed by atoms with Crippen LogP contribution in [0.15, 0.2) is 24.8 Å². The van der Waals surface area contributed by atoms with Gasteiger partial charge in [0.15, 0.2) is 0 Å². The Kier molecular flexibility index (Phi) is 2.15. The van der Waals surface area contributed by atoms with Gasteiger partial charge < -0.3 is 0 Å². The van der Waals surface area contributed by atoms with Crippen LogP contribution in [0.25, 0.3) is 20.7 Å². The molecule has 0 atom stereocenters. The predicted molar refractivity (Wildman–Crippen MR) is 64.6 cm³/mol. The molecular formula is C10H7ClN4S. The maximum Gasteiger partial charge on any atom is 0.150 e. The molecule has 0 N–H and O–H groups in total. The van der Waals surface area contributed by atoms with E-state index in [1.54, 1.807) is 16.0 Å². The topological polar surface area (TPSA) is 43.6 Å². The van der Waals surface area contributed by atoms with E-state index in [0.29, 0.717) is 5.15 Å². The van der Waals surface area contributed by atoms with Crippen molar-refractivity contribution in [1.82, 2.24) is 19.7 Å². The molecule has 80 valence electrons. The van der Waals surface area contributed by atoms with Gasteiger partial charge in [0, 0.05) is 23.7 Å². The monoisotopic (exact) mass is 250 g/mol. The lowest BCUT2D eigenvalue weighted by Crippen LogP contribution is -1.83. The van der Waals surface area contributed by atoms with Gasteiger partial charge in [0.1, 0.15) is 11.5 Å². The van der Waals surface area contributed by atoms with E-state index in [4.69, 9.17) is 11.6 Å². The first-order valence-electron chi connectivity index (χ1n) is 4.63. The maximum atomic E-state index is 6.00. The quantitative estimate of drug-likeness (QED) is 0.624. The van der Waals surface area contributed by atoms with E-state index in [1.807, 2.05) is 25.5 Å². The molecular weight excluding hydrogens is 244 g/mol. The summed E-state index contributed by atoms with van der Waals surface area (Å²) in [4.78, 5) is 9.25. The fourth-order valence-electron chi connectivity index (χ4n) is 1.52. The number of aryl methyl sites for hydroxylation is 1. The number of aromatic nitrogens is 4. The summed E-state index contributed by atoms with van der Waals surface area (Å²) in [6, 6.07) is 2.00. The van der Waals surface area contributed by atoms with E-state index in [0.717, 1.165) is 20.7 Å². The first-order chi connectivity index (χ1) is 7.74. The van der Waals surface area contributed by atoms with Gasteiger partial charge in [-0.15, -0.1) is 11.3 Å². The summed E-state index contributed by atoms with van der Waals surface area (Å²) >= 11 is 7.58. The summed E-state index contributed by atoms with van der Waals surface area (Å²) < 4.78 is 2.69. The second-order valence-electron chi connectivity index (χ2n) is 3.39. The van der Waals surface area contributed by atoms with Crippen molar-refractivity contribution >= 4 is 33.2 Å². The zero-order valence-electron chi connectivity index (χ0n) is 8.38. The summed E-state index contributed by atoms with van der Waals surface area (Å²) in [5.41, 5.74) is 1.95. The minimum absolute atomic E-state index is 0.505. The first-order valence-corrected chi connectivity index (χ1v) is 5.82. The molecule has 16 heavy (non-hydrogen) atoms. The smallest absolute Gasteiger partial charge is 0.150 e. The number of fused-ring (bicyclic) bond motifs is 1. The Balaban J connectivity index is 2.22. The summed E-state index contributed by atoms with van der Waals surface area (Å²) in [5, 5.41) is 4.64. The molecule has 0 saturated heterocycles. The number of rotatable bonds is 1. The van der Waals surface area contributed by atoms with Gasteiger partial charge in [-0.05, 0) is 6.07 Å². The van der Waals surface area contributed by atoms with Gasteiger partial charge in [-0.2, -0.15) is 5.10 Å². The molecule has 0 radical (unpaired) electrons. The summed E-state index contributed by atoms with van der Waals surface area (Å²) in [6.07, 6.45) is 5.27. The highest BCUT2D eigenvalue weighted by Gasteiger charge is 2.09. The summed E-state index contributed by atoms with van der Waals surface area (Å²) in [5.74, 6) is 0. The molecule has 3 aromatic rings. The molecule has 3 aromatic heterocycles. The highest BCUT2D eigenvalue weighted by molar-refractivity contribution is 7.22. The third-order valence-corrected chi connectivity index (χ3v) is 3.84. The number of hydrogen-bond donors (Lipinski definition) is 0. The van der Waals surface area contributed by atoms with E-state index in [2.05, 4.69) is 15.1 Å². The van der Waals surface area contributed by atoms with Gasteiger partial charge in [-0.25, -0.2) is 9.97 Å². The molecule has 0 aromatic carbocycles. The van der Waals surface area contributed by atoms with Gasteiger partial charge in [-0.3, -0.25) is 4.68 Å². The highest BCUT2D eigenvalue weighted by Crippen LogP contribution is 2.34. The first kappa shape index (κ1) is 9.74. The van der Waals surface area contributed by atoms with E-state index in [1.165, 1.54) is 6.33 Å². The van der Waals surface area contributed by atoms with Gasteiger partial charge >= 0.3 is 0 Å². The van der Waals surface area contributed by atoms with E-state index < -0.39 is 0 Å². The third-order valence-electron chi connectivity index (χ3n) is 2.26. The Morgan fingerprint density at radius 1 is 1.38 bits per heavy atom. The molecule has 0 saturated carbocycles. The Morgan fingerprint density at radius 2 is 2.25 bits per heavy atom. The average Bonchev–Trinajstić information content (AvgIpc) is 2.84. The predicted octanol–water partition coefficient (Wildman–Crippen LogP) is 2.75. The van der Waals surface area contributed by atoms with Gasteiger partial charge in [0.2, 0.25) is 0 Å². The summed E-state index contributed by atoms with van der Waals surface area (Å²) in [6.45, 7) is 0. The molecule has 3 rings (SSSR count). The standard InChI is InChI=1S/C10H7ClN4S/c1-15-4-6(3-14-15)8-2-7-9(16-8)10(11)13-5-12-7/h2-5H,1H3. The van der Waals surface area contributed by atoms with Crippen molar-refractivity contribution in [3.8, 4) is 10.4 Å². The molecule has 4 nitrogen and oxygen atoms in total. The van der Waals surface area contributed by atoms with Crippen LogP contribution < -0.4 is 0 Å². The van der Waals surface area contributed by atoms with Crippen molar-refractivity contribution in [2.75, 3.05) is 0 Å². The fraction of sp³-hybridized carbons (Fsp3) is 0.100. The largest absolute Gasteiger partial charge is 0.275 e. The summed E-state index contributed by atoms with van der Waals surface area (Å²) in [7, 11) is 1.89. The van der Waals surface area contributed by atoms with Crippen LogP contribution in [0.5, 0.6) is 0 Å². The molecule has 0 unspecified atom stereocenters. The van der Waals surface area contributed by atoms with Crippen LogP contribution in [-0.4, -0.2) is 19.7 Å². The molecule has 0 aliphatic heterocycles. The Labute approximate surface area is 101 Å². The van der Waals surface area contributed by atoms with Gasteiger partial charge in [0.05, 0.1) is 16.4 Å². The van der Waals surface area contributed by atoms with Crippen LogP contribution in [-0.2, 0) is 7.05 Å². The van der Waals surface area contributed by atoms with Crippen molar-refractivity contribution in [3.05, 3.63) is 29.9 Å². The second kappa shape index (κ2) is 3.54. The van der Waals surface area contributed by atoms with Crippen molar-refractivity contribution < 1.29 is 0 Å². The lowest BCUT2D eigenvalue weighted by Gasteiger charge is -1.88.